The Morgan fingerprint density at radius 2 is 2.25 bits per heavy atom. The number of aliphatic hydroxyl groups excluding tert-OH is 2. The van der Waals surface area contributed by atoms with Crippen molar-refractivity contribution in [1.82, 2.24) is 4.98 Å². The molecule has 1 saturated heterocycles. The lowest BCUT2D eigenvalue weighted by molar-refractivity contribution is -0.199. The van der Waals surface area contributed by atoms with Crippen molar-refractivity contribution < 1.29 is 14.9 Å². The Bertz CT molecular complexity index is 455. The van der Waals surface area contributed by atoms with Crippen LogP contribution in [-0.2, 0) is 11.3 Å². The molecule has 5 nitrogen and oxygen atoms in total. The van der Waals surface area contributed by atoms with Crippen LogP contribution >= 0.6 is 11.3 Å². The summed E-state index contributed by atoms with van der Waals surface area (Å²) in [5.74, 6) is 0. The third-order valence-electron chi connectivity index (χ3n) is 4.78. The van der Waals surface area contributed by atoms with Gasteiger partial charge in [-0.2, -0.15) is 0 Å². The molecule has 2 fully saturated rings. The standard InChI is InChI=1S/C14H22N2O3S/c1-2-19-12-7-11(18)14(12)3-5-16(6-4-14)13-15-10(8-17)9-20-13/h9,11-12,17-18H,2-8H2,1H3/t11-,12+/m1/s1. The second kappa shape index (κ2) is 5.60. The first-order valence-corrected chi connectivity index (χ1v) is 8.17. The minimum atomic E-state index is -0.217. The number of thiazole rings is 1. The number of aliphatic hydroxyl groups is 2. The van der Waals surface area contributed by atoms with Crippen molar-refractivity contribution in [2.45, 2.75) is 45.0 Å². The highest BCUT2D eigenvalue weighted by molar-refractivity contribution is 7.13. The van der Waals surface area contributed by atoms with E-state index in [2.05, 4.69) is 9.88 Å². The molecule has 6 heteroatoms. The van der Waals surface area contributed by atoms with Gasteiger partial charge in [-0.1, -0.05) is 0 Å². The van der Waals surface area contributed by atoms with Crippen LogP contribution in [0.5, 0.6) is 0 Å². The summed E-state index contributed by atoms with van der Waals surface area (Å²) in [6, 6.07) is 0. The number of rotatable bonds is 4. The van der Waals surface area contributed by atoms with Gasteiger partial charge >= 0.3 is 0 Å². The number of piperidine rings is 1. The average Bonchev–Trinajstić information content (AvgIpc) is 2.96. The number of aromatic nitrogens is 1. The molecule has 0 amide bonds. The first kappa shape index (κ1) is 14.3. The zero-order valence-electron chi connectivity index (χ0n) is 11.8. The van der Waals surface area contributed by atoms with Gasteiger partial charge in [0.1, 0.15) is 0 Å². The lowest BCUT2D eigenvalue weighted by Crippen LogP contribution is -2.62. The SMILES string of the molecule is CCO[C@H]1C[C@@H](O)C12CCN(c1nc(CO)cs1)CC2. The molecule has 1 aromatic rings. The summed E-state index contributed by atoms with van der Waals surface area (Å²) >= 11 is 1.58. The fourth-order valence-corrected chi connectivity index (χ4v) is 4.32. The molecular formula is C14H22N2O3S. The quantitative estimate of drug-likeness (QED) is 0.879. The molecule has 3 rings (SSSR count). The number of ether oxygens (including phenoxy) is 1. The van der Waals surface area contributed by atoms with Crippen LogP contribution in [0.1, 0.15) is 31.9 Å². The lowest BCUT2D eigenvalue weighted by Gasteiger charge is -2.56. The molecule has 112 valence electrons. The predicted molar refractivity (Wildman–Crippen MR) is 78.0 cm³/mol. The minimum absolute atomic E-state index is 0.000590. The van der Waals surface area contributed by atoms with E-state index in [-0.39, 0.29) is 24.2 Å². The number of anilines is 1. The Morgan fingerprint density at radius 1 is 1.50 bits per heavy atom. The first-order chi connectivity index (χ1) is 9.69. The third-order valence-corrected chi connectivity index (χ3v) is 5.73. The molecule has 0 unspecified atom stereocenters. The molecule has 1 aromatic heterocycles. The van der Waals surface area contributed by atoms with Crippen LogP contribution in [0.15, 0.2) is 5.38 Å². The molecule has 2 aliphatic rings. The highest BCUT2D eigenvalue weighted by Crippen LogP contribution is 2.51. The monoisotopic (exact) mass is 298 g/mol. The Balaban J connectivity index is 1.64. The normalized spacial score (nSPS) is 28.6. The molecule has 1 aliphatic heterocycles. The fraction of sp³-hybridized carbons (Fsp3) is 0.786. The molecule has 2 heterocycles. The Morgan fingerprint density at radius 3 is 2.80 bits per heavy atom. The zero-order chi connectivity index (χ0) is 14.2. The summed E-state index contributed by atoms with van der Waals surface area (Å²) in [6.45, 7) is 4.53. The second-order valence-corrected chi connectivity index (χ2v) is 6.53. The highest BCUT2D eigenvalue weighted by Gasteiger charge is 2.56. The first-order valence-electron chi connectivity index (χ1n) is 7.29. The Hall–Kier alpha value is -0.690. The van der Waals surface area contributed by atoms with E-state index in [9.17, 15) is 5.11 Å². The van der Waals surface area contributed by atoms with E-state index in [0.717, 1.165) is 49.8 Å². The maximum Gasteiger partial charge on any atom is 0.185 e. The Labute approximate surface area is 123 Å². The molecule has 1 spiro atoms. The fourth-order valence-electron chi connectivity index (χ4n) is 3.45. The topological polar surface area (TPSA) is 65.8 Å². The van der Waals surface area contributed by atoms with E-state index in [1.807, 2.05) is 12.3 Å². The molecule has 20 heavy (non-hydrogen) atoms. The van der Waals surface area contributed by atoms with Crippen molar-refractivity contribution in [2.75, 3.05) is 24.6 Å². The van der Waals surface area contributed by atoms with Gasteiger partial charge in [-0.3, -0.25) is 0 Å². The maximum absolute atomic E-state index is 10.2. The van der Waals surface area contributed by atoms with Gasteiger partial charge in [-0.05, 0) is 19.8 Å². The van der Waals surface area contributed by atoms with Gasteiger partial charge in [0.05, 0.1) is 24.5 Å². The summed E-state index contributed by atoms with van der Waals surface area (Å²) in [4.78, 5) is 6.67. The van der Waals surface area contributed by atoms with E-state index in [4.69, 9.17) is 9.84 Å². The van der Waals surface area contributed by atoms with Gasteiger partial charge < -0.3 is 19.8 Å². The van der Waals surface area contributed by atoms with E-state index < -0.39 is 0 Å². The van der Waals surface area contributed by atoms with Gasteiger partial charge in [-0.25, -0.2) is 4.98 Å². The molecule has 2 atom stereocenters. The summed E-state index contributed by atoms with van der Waals surface area (Å²) in [5.41, 5.74) is 0.699. The lowest BCUT2D eigenvalue weighted by atomic mass is 9.58. The summed E-state index contributed by atoms with van der Waals surface area (Å²) in [5, 5.41) is 22.1. The van der Waals surface area contributed by atoms with Crippen LogP contribution in [0.4, 0.5) is 5.13 Å². The third kappa shape index (κ3) is 2.24. The highest BCUT2D eigenvalue weighted by atomic mass is 32.1. The van der Waals surface area contributed by atoms with Crippen LogP contribution in [0, 0.1) is 5.41 Å². The number of hydrogen-bond donors (Lipinski definition) is 2. The van der Waals surface area contributed by atoms with Crippen LogP contribution in [0.2, 0.25) is 0 Å². The summed E-state index contributed by atoms with van der Waals surface area (Å²) in [7, 11) is 0. The van der Waals surface area contributed by atoms with E-state index in [0.29, 0.717) is 0 Å². The van der Waals surface area contributed by atoms with Crippen molar-refractivity contribution in [3.05, 3.63) is 11.1 Å². The Kier molecular flexibility index (Phi) is 3.99. The molecule has 0 radical (unpaired) electrons. The van der Waals surface area contributed by atoms with Crippen molar-refractivity contribution in [3.63, 3.8) is 0 Å². The predicted octanol–water partition coefficient (Wildman–Crippen LogP) is 1.39. The van der Waals surface area contributed by atoms with Crippen LogP contribution in [0.25, 0.3) is 0 Å². The largest absolute Gasteiger partial charge is 0.392 e. The average molecular weight is 298 g/mol. The van der Waals surface area contributed by atoms with Crippen molar-refractivity contribution in [2.24, 2.45) is 5.41 Å². The van der Waals surface area contributed by atoms with Crippen LogP contribution in [0.3, 0.4) is 0 Å². The van der Waals surface area contributed by atoms with Gasteiger partial charge in [0.25, 0.3) is 0 Å². The summed E-state index contributed by atoms with van der Waals surface area (Å²) < 4.78 is 5.78. The molecule has 0 aromatic carbocycles. The number of nitrogens with zero attached hydrogens (tertiary/aromatic N) is 2. The smallest absolute Gasteiger partial charge is 0.185 e. The molecule has 1 saturated carbocycles. The molecule has 2 N–H and O–H groups in total. The van der Waals surface area contributed by atoms with E-state index in [1.165, 1.54) is 0 Å². The van der Waals surface area contributed by atoms with E-state index >= 15 is 0 Å². The maximum atomic E-state index is 10.2. The van der Waals surface area contributed by atoms with Crippen LogP contribution < -0.4 is 4.90 Å². The van der Waals surface area contributed by atoms with Gasteiger partial charge in [0, 0.05) is 36.9 Å². The van der Waals surface area contributed by atoms with Crippen molar-refractivity contribution in [3.8, 4) is 0 Å². The molecule has 0 bridgehead atoms. The molecule has 1 aliphatic carbocycles. The number of hydrogen-bond acceptors (Lipinski definition) is 6. The second-order valence-electron chi connectivity index (χ2n) is 5.70. The van der Waals surface area contributed by atoms with Gasteiger partial charge in [0.15, 0.2) is 5.13 Å². The van der Waals surface area contributed by atoms with Gasteiger partial charge in [-0.15, -0.1) is 11.3 Å². The minimum Gasteiger partial charge on any atom is -0.392 e. The molecular weight excluding hydrogens is 276 g/mol. The zero-order valence-corrected chi connectivity index (χ0v) is 12.6. The van der Waals surface area contributed by atoms with E-state index in [1.54, 1.807) is 11.3 Å². The van der Waals surface area contributed by atoms with Crippen LogP contribution in [-0.4, -0.2) is 47.1 Å². The van der Waals surface area contributed by atoms with Crippen molar-refractivity contribution >= 4 is 16.5 Å². The van der Waals surface area contributed by atoms with Gasteiger partial charge in [0.2, 0.25) is 0 Å². The summed E-state index contributed by atoms with van der Waals surface area (Å²) in [6.07, 6.45) is 2.68. The van der Waals surface area contributed by atoms with Crippen molar-refractivity contribution in [1.29, 1.82) is 0 Å².